The topological polar surface area (TPSA) is 55.8 Å². The predicted molar refractivity (Wildman–Crippen MR) is 37.0 cm³/mol. The Hall–Kier alpha value is -0.610. The van der Waals surface area contributed by atoms with Crippen molar-refractivity contribution in [1.82, 2.24) is 0 Å². The zero-order valence-corrected chi connectivity index (χ0v) is 6.61. The van der Waals surface area contributed by atoms with Crippen molar-refractivity contribution in [1.29, 1.82) is 0 Å². The number of aliphatic hydroxyl groups excluding tert-OH is 1. The molecule has 1 N–H and O–H groups in total. The molecule has 64 valence electrons. The maximum atomic E-state index is 10.5. The van der Waals surface area contributed by atoms with Crippen LogP contribution in [0.4, 0.5) is 0 Å². The van der Waals surface area contributed by atoms with E-state index in [0.29, 0.717) is 0 Å². The summed E-state index contributed by atoms with van der Waals surface area (Å²) in [5, 5.41) is 9.21. The van der Waals surface area contributed by atoms with E-state index >= 15 is 0 Å². The maximum Gasteiger partial charge on any atom is 0.303 e. The lowest BCUT2D eigenvalue weighted by Crippen LogP contribution is -2.33. The zero-order chi connectivity index (χ0) is 8.43. The predicted octanol–water partition coefficient (Wildman–Crippen LogP) is -0.302. The standard InChI is InChI=1S/C7H12O4/c1-4-7(11-5(2)8)6(9)3-10-4/h4,6-7,9H,3H2,1-2H3/t4-,6-,7-/m1/s1. The summed E-state index contributed by atoms with van der Waals surface area (Å²) < 4.78 is 9.87. The Morgan fingerprint density at radius 2 is 2.36 bits per heavy atom. The fourth-order valence-electron chi connectivity index (χ4n) is 1.12. The Morgan fingerprint density at radius 1 is 1.73 bits per heavy atom. The molecule has 1 saturated heterocycles. The summed E-state index contributed by atoms with van der Waals surface area (Å²) in [6.45, 7) is 3.33. The summed E-state index contributed by atoms with van der Waals surface area (Å²) in [7, 11) is 0. The minimum Gasteiger partial charge on any atom is -0.457 e. The van der Waals surface area contributed by atoms with Crippen molar-refractivity contribution >= 4 is 5.97 Å². The molecule has 0 radical (unpaired) electrons. The molecule has 3 atom stereocenters. The molecule has 0 saturated carbocycles. The molecule has 4 heteroatoms. The molecule has 0 unspecified atom stereocenters. The molecular weight excluding hydrogens is 148 g/mol. The highest BCUT2D eigenvalue weighted by molar-refractivity contribution is 5.66. The summed E-state index contributed by atoms with van der Waals surface area (Å²) in [5.74, 6) is -0.383. The van der Waals surface area contributed by atoms with Crippen molar-refractivity contribution in [3.8, 4) is 0 Å². The molecule has 0 aromatic rings. The first kappa shape index (κ1) is 8.49. The lowest BCUT2D eigenvalue weighted by molar-refractivity contribution is -0.152. The highest BCUT2D eigenvalue weighted by atomic mass is 16.6. The van der Waals surface area contributed by atoms with Crippen LogP contribution in [0.1, 0.15) is 13.8 Å². The summed E-state index contributed by atoms with van der Waals surface area (Å²) >= 11 is 0. The molecule has 0 spiro atoms. The molecule has 0 amide bonds. The van der Waals surface area contributed by atoms with Crippen LogP contribution in [0, 0.1) is 0 Å². The van der Waals surface area contributed by atoms with Gasteiger partial charge in [0.25, 0.3) is 0 Å². The third-order valence-electron chi connectivity index (χ3n) is 1.67. The minimum absolute atomic E-state index is 0.200. The van der Waals surface area contributed by atoms with E-state index in [-0.39, 0.29) is 18.7 Å². The minimum atomic E-state index is -0.672. The number of hydrogen-bond acceptors (Lipinski definition) is 4. The number of carbonyl (C=O) groups excluding carboxylic acids is 1. The van der Waals surface area contributed by atoms with Gasteiger partial charge in [-0.1, -0.05) is 0 Å². The van der Waals surface area contributed by atoms with Gasteiger partial charge in [-0.05, 0) is 6.92 Å². The normalized spacial score (nSPS) is 37.2. The summed E-state index contributed by atoms with van der Waals surface area (Å²) in [5.41, 5.74) is 0. The van der Waals surface area contributed by atoms with Crippen LogP contribution in [-0.2, 0) is 14.3 Å². The van der Waals surface area contributed by atoms with E-state index in [4.69, 9.17) is 9.47 Å². The highest BCUT2D eigenvalue weighted by Gasteiger charge is 2.35. The average molecular weight is 160 g/mol. The van der Waals surface area contributed by atoms with Gasteiger partial charge in [0.05, 0.1) is 12.7 Å². The molecule has 11 heavy (non-hydrogen) atoms. The van der Waals surface area contributed by atoms with Crippen LogP contribution in [0.3, 0.4) is 0 Å². The van der Waals surface area contributed by atoms with Crippen LogP contribution in [-0.4, -0.2) is 36.0 Å². The van der Waals surface area contributed by atoms with E-state index in [1.807, 2.05) is 0 Å². The van der Waals surface area contributed by atoms with Crippen LogP contribution in [0.2, 0.25) is 0 Å². The van der Waals surface area contributed by atoms with Crippen molar-refractivity contribution in [2.45, 2.75) is 32.2 Å². The molecule has 1 fully saturated rings. The molecule has 1 aliphatic rings. The second kappa shape index (κ2) is 3.19. The molecule has 1 heterocycles. The fourth-order valence-corrected chi connectivity index (χ4v) is 1.12. The Labute approximate surface area is 65.1 Å². The van der Waals surface area contributed by atoms with E-state index in [0.717, 1.165) is 0 Å². The first-order valence-electron chi connectivity index (χ1n) is 3.58. The molecule has 0 aromatic carbocycles. The molecule has 0 aliphatic carbocycles. The number of esters is 1. The van der Waals surface area contributed by atoms with Crippen molar-refractivity contribution < 1.29 is 19.4 Å². The zero-order valence-electron chi connectivity index (χ0n) is 6.61. The Balaban J connectivity index is 2.47. The number of ether oxygens (including phenoxy) is 2. The monoisotopic (exact) mass is 160 g/mol. The van der Waals surface area contributed by atoms with Crippen molar-refractivity contribution in [2.24, 2.45) is 0 Å². The first-order valence-corrected chi connectivity index (χ1v) is 3.58. The molecule has 0 bridgehead atoms. The second-order valence-electron chi connectivity index (χ2n) is 2.68. The van der Waals surface area contributed by atoms with Crippen molar-refractivity contribution in [3.05, 3.63) is 0 Å². The van der Waals surface area contributed by atoms with Gasteiger partial charge in [0.1, 0.15) is 6.10 Å². The average Bonchev–Trinajstić information content (AvgIpc) is 2.18. The largest absolute Gasteiger partial charge is 0.457 e. The van der Waals surface area contributed by atoms with Crippen LogP contribution in [0.15, 0.2) is 0 Å². The first-order chi connectivity index (χ1) is 5.11. The van der Waals surface area contributed by atoms with E-state index in [9.17, 15) is 9.90 Å². The smallest absolute Gasteiger partial charge is 0.303 e. The lowest BCUT2D eigenvalue weighted by Gasteiger charge is -2.16. The Morgan fingerprint density at radius 3 is 2.73 bits per heavy atom. The van der Waals surface area contributed by atoms with Gasteiger partial charge in [0.15, 0.2) is 6.10 Å². The summed E-state index contributed by atoms with van der Waals surface area (Å²) in [6, 6.07) is 0. The quantitative estimate of drug-likeness (QED) is 0.535. The van der Waals surface area contributed by atoms with Gasteiger partial charge >= 0.3 is 5.97 Å². The third-order valence-corrected chi connectivity index (χ3v) is 1.67. The number of rotatable bonds is 1. The summed E-state index contributed by atoms with van der Waals surface area (Å²) in [4.78, 5) is 10.5. The van der Waals surface area contributed by atoms with Gasteiger partial charge in [0.2, 0.25) is 0 Å². The molecule has 0 aromatic heterocycles. The molecule has 4 nitrogen and oxygen atoms in total. The van der Waals surface area contributed by atoms with E-state index in [1.54, 1.807) is 6.92 Å². The Kier molecular flexibility index (Phi) is 2.46. The van der Waals surface area contributed by atoms with Crippen molar-refractivity contribution in [2.75, 3.05) is 6.61 Å². The van der Waals surface area contributed by atoms with Gasteiger partial charge in [-0.2, -0.15) is 0 Å². The molecule has 1 rings (SSSR count). The molecular formula is C7H12O4. The van der Waals surface area contributed by atoms with E-state index in [2.05, 4.69) is 0 Å². The van der Waals surface area contributed by atoms with Gasteiger partial charge in [-0.3, -0.25) is 4.79 Å². The lowest BCUT2D eigenvalue weighted by atomic mass is 10.2. The van der Waals surface area contributed by atoms with Crippen LogP contribution in [0.25, 0.3) is 0 Å². The van der Waals surface area contributed by atoms with Crippen LogP contribution < -0.4 is 0 Å². The van der Waals surface area contributed by atoms with E-state index in [1.165, 1.54) is 6.92 Å². The molecule has 1 aliphatic heterocycles. The van der Waals surface area contributed by atoms with Gasteiger partial charge in [0, 0.05) is 6.92 Å². The van der Waals surface area contributed by atoms with Gasteiger partial charge < -0.3 is 14.6 Å². The van der Waals surface area contributed by atoms with Crippen LogP contribution in [0.5, 0.6) is 0 Å². The van der Waals surface area contributed by atoms with Crippen LogP contribution >= 0.6 is 0 Å². The third kappa shape index (κ3) is 1.91. The SMILES string of the molecule is CC(=O)O[C@H]1[C@H](O)CO[C@@H]1C. The summed E-state index contributed by atoms with van der Waals surface area (Å²) in [6.07, 6.45) is -1.37. The van der Waals surface area contributed by atoms with Gasteiger partial charge in [-0.15, -0.1) is 0 Å². The highest BCUT2D eigenvalue weighted by Crippen LogP contribution is 2.17. The second-order valence-corrected chi connectivity index (χ2v) is 2.68. The number of carbonyl (C=O) groups is 1. The fraction of sp³-hybridized carbons (Fsp3) is 0.857. The number of aliphatic hydroxyl groups is 1. The van der Waals surface area contributed by atoms with Crippen molar-refractivity contribution in [3.63, 3.8) is 0 Å². The van der Waals surface area contributed by atoms with Gasteiger partial charge in [-0.25, -0.2) is 0 Å². The maximum absolute atomic E-state index is 10.5. The number of hydrogen-bond donors (Lipinski definition) is 1. The van der Waals surface area contributed by atoms with E-state index < -0.39 is 12.2 Å². The Bertz CT molecular complexity index is 147.